The average molecular weight is 238 g/mol. The SMILES string of the molecule is Cc1nnc(CN2CCC(CC(=O)O)C2)n1C. The molecule has 17 heavy (non-hydrogen) atoms. The van der Waals surface area contributed by atoms with Gasteiger partial charge in [0, 0.05) is 20.0 Å². The first-order valence-corrected chi connectivity index (χ1v) is 5.85. The van der Waals surface area contributed by atoms with Crippen molar-refractivity contribution in [1.29, 1.82) is 0 Å². The van der Waals surface area contributed by atoms with E-state index in [1.807, 2.05) is 18.5 Å². The van der Waals surface area contributed by atoms with Crippen LogP contribution >= 0.6 is 0 Å². The Balaban J connectivity index is 1.89. The zero-order chi connectivity index (χ0) is 12.4. The molecular formula is C11H18N4O2. The van der Waals surface area contributed by atoms with Crippen LogP contribution in [-0.2, 0) is 18.4 Å². The summed E-state index contributed by atoms with van der Waals surface area (Å²) in [6.45, 7) is 4.48. The number of carboxylic acids is 1. The largest absolute Gasteiger partial charge is 0.481 e. The number of rotatable bonds is 4. The van der Waals surface area contributed by atoms with Crippen LogP contribution < -0.4 is 0 Å². The highest BCUT2D eigenvalue weighted by atomic mass is 16.4. The van der Waals surface area contributed by atoms with Crippen molar-refractivity contribution in [2.24, 2.45) is 13.0 Å². The minimum Gasteiger partial charge on any atom is -0.481 e. The molecule has 2 rings (SSSR count). The fourth-order valence-corrected chi connectivity index (χ4v) is 2.26. The monoisotopic (exact) mass is 238 g/mol. The molecule has 1 aromatic rings. The Hall–Kier alpha value is -1.43. The summed E-state index contributed by atoms with van der Waals surface area (Å²) in [5.74, 6) is 1.42. The Bertz CT molecular complexity index is 416. The molecule has 94 valence electrons. The maximum absolute atomic E-state index is 10.6. The lowest BCUT2D eigenvalue weighted by Gasteiger charge is -2.14. The highest BCUT2D eigenvalue weighted by molar-refractivity contribution is 5.67. The number of aryl methyl sites for hydroxylation is 1. The predicted molar refractivity (Wildman–Crippen MR) is 61.4 cm³/mol. The standard InChI is InChI=1S/C11H18N4O2/c1-8-12-13-10(14(8)2)7-15-4-3-9(6-15)5-11(16)17/h9H,3-7H2,1-2H3,(H,16,17). The van der Waals surface area contributed by atoms with Crippen LogP contribution in [0, 0.1) is 12.8 Å². The summed E-state index contributed by atoms with van der Waals surface area (Å²) in [5, 5.41) is 16.9. The molecular weight excluding hydrogens is 220 g/mol. The summed E-state index contributed by atoms with van der Waals surface area (Å²) in [6.07, 6.45) is 1.23. The fourth-order valence-electron chi connectivity index (χ4n) is 2.26. The van der Waals surface area contributed by atoms with Gasteiger partial charge in [-0.3, -0.25) is 9.69 Å². The van der Waals surface area contributed by atoms with Crippen molar-refractivity contribution >= 4 is 5.97 Å². The van der Waals surface area contributed by atoms with E-state index < -0.39 is 5.97 Å². The van der Waals surface area contributed by atoms with E-state index in [-0.39, 0.29) is 12.3 Å². The normalized spacial score (nSPS) is 20.9. The lowest BCUT2D eigenvalue weighted by Crippen LogP contribution is -2.22. The molecule has 0 radical (unpaired) electrons. The van der Waals surface area contributed by atoms with Gasteiger partial charge in [-0.1, -0.05) is 0 Å². The van der Waals surface area contributed by atoms with E-state index in [0.717, 1.165) is 37.7 Å². The minimum atomic E-state index is -0.702. The van der Waals surface area contributed by atoms with Crippen molar-refractivity contribution in [3.8, 4) is 0 Å². The first-order valence-electron chi connectivity index (χ1n) is 5.85. The molecule has 1 aliphatic rings. The summed E-state index contributed by atoms with van der Waals surface area (Å²) in [6, 6.07) is 0. The van der Waals surface area contributed by atoms with Gasteiger partial charge in [0.1, 0.15) is 11.6 Å². The van der Waals surface area contributed by atoms with Crippen LogP contribution in [-0.4, -0.2) is 43.8 Å². The van der Waals surface area contributed by atoms with E-state index >= 15 is 0 Å². The Kier molecular flexibility index (Phi) is 3.42. The van der Waals surface area contributed by atoms with Crippen molar-refractivity contribution < 1.29 is 9.90 Å². The topological polar surface area (TPSA) is 71.2 Å². The Morgan fingerprint density at radius 2 is 2.29 bits per heavy atom. The maximum atomic E-state index is 10.6. The minimum absolute atomic E-state index is 0.272. The molecule has 6 heteroatoms. The van der Waals surface area contributed by atoms with Crippen molar-refractivity contribution in [3.63, 3.8) is 0 Å². The first-order chi connectivity index (χ1) is 8.06. The fraction of sp³-hybridized carbons (Fsp3) is 0.727. The highest BCUT2D eigenvalue weighted by Gasteiger charge is 2.25. The van der Waals surface area contributed by atoms with E-state index in [0.29, 0.717) is 0 Å². The summed E-state index contributed by atoms with van der Waals surface area (Å²) < 4.78 is 1.98. The number of aliphatic carboxylic acids is 1. The van der Waals surface area contributed by atoms with Gasteiger partial charge in [0.2, 0.25) is 0 Å². The second-order valence-corrected chi connectivity index (χ2v) is 4.71. The summed E-state index contributed by atoms with van der Waals surface area (Å²) in [4.78, 5) is 12.9. The number of aromatic nitrogens is 3. The van der Waals surface area contributed by atoms with Crippen molar-refractivity contribution in [2.45, 2.75) is 26.3 Å². The molecule has 1 aromatic heterocycles. The van der Waals surface area contributed by atoms with Gasteiger partial charge in [0.25, 0.3) is 0 Å². The zero-order valence-electron chi connectivity index (χ0n) is 10.3. The molecule has 1 fully saturated rings. The smallest absolute Gasteiger partial charge is 0.303 e. The van der Waals surface area contributed by atoms with Crippen LogP contribution in [0.15, 0.2) is 0 Å². The highest BCUT2D eigenvalue weighted by Crippen LogP contribution is 2.20. The van der Waals surface area contributed by atoms with Crippen LogP contribution in [0.2, 0.25) is 0 Å². The van der Waals surface area contributed by atoms with Crippen LogP contribution in [0.4, 0.5) is 0 Å². The van der Waals surface area contributed by atoms with Gasteiger partial charge < -0.3 is 9.67 Å². The number of hydrogen-bond acceptors (Lipinski definition) is 4. The molecule has 1 aliphatic heterocycles. The quantitative estimate of drug-likeness (QED) is 0.823. The second kappa shape index (κ2) is 4.83. The van der Waals surface area contributed by atoms with Gasteiger partial charge in [0.15, 0.2) is 0 Å². The third-order valence-corrected chi connectivity index (χ3v) is 3.38. The van der Waals surface area contributed by atoms with Gasteiger partial charge in [-0.05, 0) is 25.8 Å². The predicted octanol–water partition coefficient (Wildman–Crippen LogP) is 0.420. The molecule has 1 saturated heterocycles. The van der Waals surface area contributed by atoms with E-state index in [1.165, 1.54) is 0 Å². The molecule has 1 atom stereocenters. The lowest BCUT2D eigenvalue weighted by atomic mass is 10.1. The summed E-state index contributed by atoms with van der Waals surface area (Å²) in [5.41, 5.74) is 0. The summed E-state index contributed by atoms with van der Waals surface area (Å²) >= 11 is 0. The Labute approximate surface area is 100 Å². The second-order valence-electron chi connectivity index (χ2n) is 4.71. The molecule has 0 amide bonds. The average Bonchev–Trinajstić information content (AvgIpc) is 2.80. The van der Waals surface area contributed by atoms with E-state index in [4.69, 9.17) is 5.11 Å². The van der Waals surface area contributed by atoms with Crippen LogP contribution in [0.25, 0.3) is 0 Å². The van der Waals surface area contributed by atoms with Gasteiger partial charge in [-0.25, -0.2) is 0 Å². The third-order valence-electron chi connectivity index (χ3n) is 3.38. The number of carboxylic acid groups (broad SMARTS) is 1. The maximum Gasteiger partial charge on any atom is 0.303 e. The number of nitrogens with zero attached hydrogens (tertiary/aromatic N) is 4. The van der Waals surface area contributed by atoms with Crippen LogP contribution in [0.1, 0.15) is 24.5 Å². The zero-order valence-corrected chi connectivity index (χ0v) is 10.3. The van der Waals surface area contributed by atoms with Gasteiger partial charge in [0.05, 0.1) is 6.54 Å². The first kappa shape index (κ1) is 12.0. The molecule has 2 heterocycles. The number of hydrogen-bond donors (Lipinski definition) is 1. The molecule has 0 saturated carbocycles. The van der Waals surface area contributed by atoms with Gasteiger partial charge >= 0.3 is 5.97 Å². The lowest BCUT2D eigenvalue weighted by molar-refractivity contribution is -0.138. The number of carbonyl (C=O) groups is 1. The van der Waals surface area contributed by atoms with Crippen LogP contribution in [0.5, 0.6) is 0 Å². The molecule has 0 bridgehead atoms. The van der Waals surface area contributed by atoms with Crippen molar-refractivity contribution in [2.75, 3.05) is 13.1 Å². The summed E-state index contributed by atoms with van der Waals surface area (Å²) in [7, 11) is 1.95. The molecule has 1 N–H and O–H groups in total. The van der Waals surface area contributed by atoms with Crippen molar-refractivity contribution in [3.05, 3.63) is 11.6 Å². The van der Waals surface area contributed by atoms with E-state index in [9.17, 15) is 4.79 Å². The third kappa shape index (κ3) is 2.82. The number of likely N-dealkylation sites (tertiary alicyclic amines) is 1. The van der Waals surface area contributed by atoms with Gasteiger partial charge in [-0.2, -0.15) is 0 Å². The molecule has 0 aromatic carbocycles. The molecule has 0 spiro atoms. The van der Waals surface area contributed by atoms with E-state index in [1.54, 1.807) is 0 Å². The van der Waals surface area contributed by atoms with Gasteiger partial charge in [-0.15, -0.1) is 10.2 Å². The van der Waals surface area contributed by atoms with E-state index in [2.05, 4.69) is 15.1 Å². The Morgan fingerprint density at radius 1 is 1.53 bits per heavy atom. The molecule has 1 unspecified atom stereocenters. The molecule has 6 nitrogen and oxygen atoms in total. The van der Waals surface area contributed by atoms with Crippen LogP contribution in [0.3, 0.4) is 0 Å². The molecule has 0 aliphatic carbocycles. The Morgan fingerprint density at radius 3 is 2.88 bits per heavy atom. The van der Waals surface area contributed by atoms with Crippen molar-refractivity contribution in [1.82, 2.24) is 19.7 Å².